The Bertz CT molecular complexity index is 3150. The van der Waals surface area contributed by atoms with Crippen molar-refractivity contribution < 1.29 is 126 Å². The number of nitrogens with one attached hydrogen (secondary N) is 2. The molecule has 22 nitrogen and oxygen atoms in total. The van der Waals surface area contributed by atoms with Crippen LogP contribution in [0.4, 0.5) is 4.79 Å². The van der Waals surface area contributed by atoms with Gasteiger partial charge in [0.15, 0.2) is 11.6 Å². The van der Waals surface area contributed by atoms with Crippen molar-refractivity contribution in [2.45, 2.75) is 351 Å². The molecule has 4 saturated heterocycles. The predicted molar refractivity (Wildman–Crippen MR) is 493 cm³/mol. The van der Waals surface area contributed by atoms with E-state index in [2.05, 4.69) is 58.2 Å². The van der Waals surface area contributed by atoms with Crippen molar-refractivity contribution in [3.05, 3.63) is 35.9 Å². The maximum Gasteiger partial charge on any atom is 1.00 e. The van der Waals surface area contributed by atoms with Crippen LogP contribution in [-0.2, 0) is 47.7 Å². The number of amides is 4. The average molecular weight is 1750 g/mol. The van der Waals surface area contributed by atoms with Gasteiger partial charge in [-0.3, -0.25) is 43.2 Å². The molecule has 4 aliphatic rings. The number of hydrogen-bond acceptors (Lipinski definition) is 18. The maximum absolute atomic E-state index is 12.2. The molecule has 4 fully saturated rings. The van der Waals surface area contributed by atoms with Gasteiger partial charge in [0.25, 0.3) is 0 Å². The monoisotopic (exact) mass is 1750 g/mol. The maximum atomic E-state index is 12.2. The number of carbonyl (C=O) groups excluding carboxylic acids is 10. The van der Waals surface area contributed by atoms with Crippen LogP contribution in [0.3, 0.4) is 0 Å². The van der Waals surface area contributed by atoms with Gasteiger partial charge in [-0.15, -0.1) is 0 Å². The SMILES string of the molecule is CC(=O)C(C)(C)C.CC(C)(C)C(=O)C(C)(C)C.CC(C)(C)C(=O)N1CCC(N2CCCCC2)CC1.CC(C)(C)C(=O)c1ccccc1.CC(C)(C)P(=O)([O-])[O-].CC(C)CC(=O)C(C)(C)C.CN(C)CCNC(=O)C(C)(C)C.CN1CCC(C(=O)C(C)(C)C)CC1.CN1CCN(C(=O)C(C)(C)C)CC1.C[C@H](NC(=O)OC(C)(C)C)C(=O)C(C)(C)C.[Na+].[Na+]. The summed E-state index contributed by atoms with van der Waals surface area (Å²) in [6.07, 6.45) is 8.71. The minimum atomic E-state index is -4.35. The minimum Gasteiger partial charge on any atom is -0.810 e. The predicted octanol–water partition coefficient (Wildman–Crippen LogP) is 12.0. The number of hydrogen-bond donors (Lipinski definition) is 2. The zero-order valence-electron chi connectivity index (χ0n) is 86.7. The van der Waals surface area contributed by atoms with Crippen LogP contribution in [0, 0.1) is 66.0 Å². The number of likely N-dealkylation sites (tertiary alicyclic amines) is 3. The van der Waals surface area contributed by atoms with Crippen LogP contribution in [0.25, 0.3) is 0 Å². The second-order valence-electron chi connectivity index (χ2n) is 45.7. The summed E-state index contributed by atoms with van der Waals surface area (Å²) in [6.45, 7) is 87.4. The molecule has 4 heterocycles. The van der Waals surface area contributed by atoms with Crippen LogP contribution < -0.4 is 79.5 Å². The van der Waals surface area contributed by atoms with Crippen molar-refractivity contribution in [2.24, 2.45) is 66.0 Å². The summed E-state index contributed by atoms with van der Waals surface area (Å²) >= 11 is 0. The second-order valence-corrected chi connectivity index (χ2v) is 48.1. The van der Waals surface area contributed by atoms with E-state index in [9.17, 15) is 62.3 Å². The molecule has 698 valence electrons. The quantitative estimate of drug-likeness (QED) is 0.125. The summed E-state index contributed by atoms with van der Waals surface area (Å²) in [4.78, 5) is 149. The van der Waals surface area contributed by atoms with Gasteiger partial charge in [0.05, 0.1) is 6.04 Å². The molecule has 0 spiro atoms. The van der Waals surface area contributed by atoms with Crippen molar-refractivity contribution in [1.29, 1.82) is 0 Å². The fraction of sp³-hybridized carbons (Fsp3) is 0.833. The smallest absolute Gasteiger partial charge is 0.810 e. The topological polar surface area (TPSA) is 287 Å². The third kappa shape index (κ3) is 64.3. The van der Waals surface area contributed by atoms with Crippen LogP contribution in [-0.4, -0.2) is 217 Å². The molecule has 121 heavy (non-hydrogen) atoms. The van der Waals surface area contributed by atoms with E-state index in [1.165, 1.54) is 66.0 Å². The summed E-state index contributed by atoms with van der Waals surface area (Å²) in [6, 6.07) is 9.60. The van der Waals surface area contributed by atoms with Crippen molar-refractivity contribution in [3.8, 4) is 0 Å². The number of carbonyl (C=O) groups is 10. The first-order valence-corrected chi connectivity index (χ1v) is 45.2. The van der Waals surface area contributed by atoms with Gasteiger partial charge < -0.3 is 59.1 Å². The van der Waals surface area contributed by atoms with E-state index >= 15 is 0 Å². The second kappa shape index (κ2) is 57.1. The molecule has 0 aromatic heterocycles. The Hall–Kier alpha value is -3.09. The van der Waals surface area contributed by atoms with Gasteiger partial charge in [-0.2, -0.15) is 0 Å². The molecule has 0 radical (unpaired) electrons. The number of piperidine rings is 3. The van der Waals surface area contributed by atoms with Crippen LogP contribution in [0.5, 0.6) is 0 Å². The molecule has 5 rings (SSSR count). The number of rotatable bonds is 10. The van der Waals surface area contributed by atoms with Crippen LogP contribution in [0.15, 0.2) is 30.3 Å². The van der Waals surface area contributed by atoms with Gasteiger partial charge in [0.2, 0.25) is 17.7 Å². The number of ether oxygens (including phenoxy) is 1. The van der Waals surface area contributed by atoms with Crippen LogP contribution in [0.2, 0.25) is 0 Å². The largest absolute Gasteiger partial charge is 1.00 e. The molecule has 0 aliphatic carbocycles. The van der Waals surface area contributed by atoms with Crippen molar-refractivity contribution in [2.75, 3.05) is 107 Å². The van der Waals surface area contributed by atoms with E-state index in [0.717, 1.165) is 89.9 Å². The average Bonchev–Trinajstić information content (AvgIpc) is 0.841. The zero-order valence-corrected chi connectivity index (χ0v) is 91.6. The Balaban J connectivity index is -0.000000241. The number of alkyl carbamates (subject to hydrolysis) is 1. The van der Waals surface area contributed by atoms with Gasteiger partial charge in [-0.1, -0.05) is 287 Å². The van der Waals surface area contributed by atoms with Gasteiger partial charge in [-0.05, 0) is 139 Å². The zero-order chi connectivity index (χ0) is 95.4. The molecule has 2 N–H and O–H groups in total. The van der Waals surface area contributed by atoms with Crippen molar-refractivity contribution in [3.63, 3.8) is 0 Å². The van der Waals surface area contributed by atoms with E-state index in [4.69, 9.17) is 4.74 Å². The molecule has 1 aromatic rings. The Labute approximate surface area is 786 Å². The van der Waals surface area contributed by atoms with E-state index in [1.807, 2.05) is 262 Å². The fourth-order valence-corrected chi connectivity index (χ4v) is 11.2. The number of benzene rings is 1. The van der Waals surface area contributed by atoms with E-state index < -0.39 is 35.9 Å². The third-order valence-electron chi connectivity index (χ3n) is 19.3. The van der Waals surface area contributed by atoms with Gasteiger partial charge in [-0.25, -0.2) is 4.79 Å². The molecular formula is C96H183N8Na2O14P. The molecule has 25 heteroatoms. The number of nitrogens with zero attached hydrogens (tertiary/aromatic N) is 6. The summed E-state index contributed by atoms with van der Waals surface area (Å²) < 4.78 is 15.2. The Kier molecular flexibility index (Phi) is 61.8. The van der Waals surface area contributed by atoms with E-state index in [0.29, 0.717) is 41.5 Å². The van der Waals surface area contributed by atoms with Crippen LogP contribution in [0.1, 0.15) is 339 Å². The summed E-state index contributed by atoms with van der Waals surface area (Å²) in [5, 5.41) is 4.29. The first kappa shape index (κ1) is 131. The molecular weight excluding hydrogens is 1570 g/mol. The molecule has 1 atom stereocenters. The standard InChI is InChI=1S/C15H28N2O.C12H23NO3.C11H21NO.C11H14O.C10H20N2O.C9H20N2O.2C9H18O.C6H12O.C4H11O3P.2Na/c1-15(2,3)14(18)17-11-7-13(8-12-17)16-9-5-4-6-10-16;1-8(9(14)11(2,3)4)13-10(15)16-12(5,6)7;1-11(2,3)10(13)9-5-7-12(4)8-6-9;1-11(2,3)10(12)9-7-5-4-6-8-9;1-10(2,3)9(13)12-7-5-11(4)6-8-12;1-9(2,3)8(12)10-6-7-11(4)5;1-8(2,3)7(10)9(4,5)6;1-7(2)6-8(10)9(3,4)5;1-5(7)6(2,3)4;1-4(2,3)8(5,6)7;;/h13H,4-12H2,1-3H3;8H,1-7H3,(H,13,15);9H,5-8H2,1-4H3;4-8H,1-3H3;5-8H2,1-4H3;6-7H2,1-5H3,(H,10,12);1-6H3;7H,6H2,1-5H3;1-4H3;1-3H3,(H2,5,6,7);;/q;;;;;;;;;;2*+1/p-2/t;8-;;;;;;;;;;/m.0........../s1. The van der Waals surface area contributed by atoms with Gasteiger partial charge in [0.1, 0.15) is 28.7 Å². The van der Waals surface area contributed by atoms with Crippen molar-refractivity contribution in [1.82, 2.24) is 40.0 Å². The van der Waals surface area contributed by atoms with Gasteiger partial charge >= 0.3 is 65.2 Å². The molecule has 0 bridgehead atoms. The third-order valence-corrected chi connectivity index (χ3v) is 21.0. The molecule has 4 amide bonds. The Morgan fingerprint density at radius 2 is 0.851 bits per heavy atom. The number of ketones is 6. The van der Waals surface area contributed by atoms with Gasteiger partial charge in [0, 0.05) is 130 Å². The van der Waals surface area contributed by atoms with Crippen LogP contribution >= 0.6 is 7.60 Å². The summed E-state index contributed by atoms with van der Waals surface area (Å²) in [5.74, 6) is 3.07. The van der Waals surface area contributed by atoms with E-state index in [-0.39, 0.29) is 137 Å². The Morgan fingerprint density at radius 3 is 1.12 bits per heavy atom. The molecule has 1 aromatic carbocycles. The Morgan fingerprint density at radius 1 is 0.479 bits per heavy atom. The molecule has 0 saturated carbocycles. The first-order chi connectivity index (χ1) is 52.8. The summed E-state index contributed by atoms with van der Waals surface area (Å²) in [5.41, 5.74) is -2.05. The normalized spacial score (nSPS) is 16.0. The summed E-state index contributed by atoms with van der Waals surface area (Å²) in [7, 11) is 3.85. The van der Waals surface area contributed by atoms with E-state index in [1.54, 1.807) is 34.6 Å². The molecule has 0 unspecified atom stereocenters. The number of piperazine rings is 1. The fourth-order valence-electron chi connectivity index (χ4n) is 11.2. The molecule has 4 aliphatic heterocycles. The minimum absolute atomic E-state index is 0. The van der Waals surface area contributed by atoms with Crippen molar-refractivity contribution >= 4 is 66.1 Å². The number of likely N-dealkylation sites (N-methyl/N-ethyl adjacent to an activating group) is 2. The first-order valence-electron chi connectivity index (χ1n) is 43.7. The number of Topliss-reactive ketones (excluding diaryl/α,β-unsaturated/α-hetero) is 6.